The molecular weight excluding hydrogens is 308 g/mol. The average molecular weight is 321 g/mol. The molecular formula is C16H13ClO3S. The highest BCUT2D eigenvalue weighted by molar-refractivity contribution is 7.14. The van der Waals surface area contributed by atoms with E-state index in [0.717, 1.165) is 10.4 Å². The molecule has 0 atom stereocenters. The van der Waals surface area contributed by atoms with E-state index in [1.54, 1.807) is 36.4 Å². The van der Waals surface area contributed by atoms with E-state index in [0.29, 0.717) is 9.90 Å². The quantitative estimate of drug-likeness (QED) is 0.472. The summed E-state index contributed by atoms with van der Waals surface area (Å²) in [6.45, 7) is 1.67. The topological polar surface area (TPSA) is 43.4 Å². The summed E-state index contributed by atoms with van der Waals surface area (Å²) in [5, 5.41) is 0.631. The van der Waals surface area contributed by atoms with Crippen LogP contribution in [0.3, 0.4) is 0 Å². The van der Waals surface area contributed by atoms with Crippen molar-refractivity contribution in [2.45, 2.75) is 6.92 Å². The number of benzene rings is 1. The number of rotatable bonds is 5. The van der Waals surface area contributed by atoms with Gasteiger partial charge in [0.25, 0.3) is 0 Å². The fourth-order valence-corrected chi connectivity index (χ4v) is 2.50. The van der Waals surface area contributed by atoms with Gasteiger partial charge in [-0.15, -0.1) is 11.3 Å². The van der Waals surface area contributed by atoms with Gasteiger partial charge >= 0.3 is 5.97 Å². The van der Waals surface area contributed by atoms with Crippen molar-refractivity contribution in [1.29, 1.82) is 0 Å². The van der Waals surface area contributed by atoms with Gasteiger partial charge in [-0.25, -0.2) is 4.79 Å². The van der Waals surface area contributed by atoms with Gasteiger partial charge in [-0.05, 0) is 42.8 Å². The van der Waals surface area contributed by atoms with Gasteiger partial charge in [-0.1, -0.05) is 23.7 Å². The summed E-state index contributed by atoms with van der Waals surface area (Å²) in [5.74, 6) is -0.743. The van der Waals surface area contributed by atoms with Crippen LogP contribution < -0.4 is 0 Å². The predicted octanol–water partition coefficient (Wildman–Crippen LogP) is 4.15. The van der Waals surface area contributed by atoms with Gasteiger partial charge in [0.1, 0.15) is 0 Å². The molecule has 5 heteroatoms. The first-order chi connectivity index (χ1) is 10.0. The van der Waals surface area contributed by atoms with Crippen molar-refractivity contribution in [3.05, 3.63) is 62.8 Å². The normalized spacial score (nSPS) is 10.8. The van der Waals surface area contributed by atoms with Crippen LogP contribution in [0.4, 0.5) is 0 Å². The number of ketones is 1. The standard InChI is InChI=1S/C16H13ClO3S/c1-11-2-8-15(21-11)14(18)10-20-16(19)9-5-12-3-6-13(17)7-4-12/h2-9H,10H2,1H3/b9-5+. The van der Waals surface area contributed by atoms with Crippen molar-refractivity contribution in [2.75, 3.05) is 6.61 Å². The summed E-state index contributed by atoms with van der Waals surface area (Å²) in [4.78, 5) is 25.0. The van der Waals surface area contributed by atoms with Gasteiger partial charge in [-0.3, -0.25) is 4.79 Å². The molecule has 3 nitrogen and oxygen atoms in total. The number of esters is 1. The SMILES string of the molecule is Cc1ccc(C(=O)COC(=O)/C=C/c2ccc(Cl)cc2)s1. The Balaban J connectivity index is 1.84. The van der Waals surface area contributed by atoms with Crippen molar-refractivity contribution in [3.63, 3.8) is 0 Å². The highest BCUT2D eigenvalue weighted by atomic mass is 35.5. The van der Waals surface area contributed by atoms with E-state index < -0.39 is 5.97 Å². The molecule has 21 heavy (non-hydrogen) atoms. The number of Topliss-reactive ketones (excluding diaryl/α,β-unsaturated/α-hetero) is 1. The zero-order valence-electron chi connectivity index (χ0n) is 11.3. The van der Waals surface area contributed by atoms with Gasteiger partial charge in [0.2, 0.25) is 5.78 Å². The summed E-state index contributed by atoms with van der Waals surface area (Å²) in [7, 11) is 0. The molecule has 0 spiro atoms. The molecule has 0 aliphatic heterocycles. The Morgan fingerprint density at radius 2 is 1.90 bits per heavy atom. The third kappa shape index (κ3) is 4.85. The zero-order chi connectivity index (χ0) is 15.2. The molecule has 0 radical (unpaired) electrons. The van der Waals surface area contributed by atoms with Crippen LogP contribution in [-0.2, 0) is 9.53 Å². The van der Waals surface area contributed by atoms with Crippen molar-refractivity contribution in [2.24, 2.45) is 0 Å². The number of thiophene rings is 1. The van der Waals surface area contributed by atoms with E-state index in [2.05, 4.69) is 0 Å². The van der Waals surface area contributed by atoms with Crippen molar-refractivity contribution in [3.8, 4) is 0 Å². The Kier molecular flexibility index (Phi) is 5.31. The lowest BCUT2D eigenvalue weighted by Crippen LogP contribution is -2.11. The summed E-state index contributed by atoms with van der Waals surface area (Å²) in [5.41, 5.74) is 0.830. The summed E-state index contributed by atoms with van der Waals surface area (Å²) in [6, 6.07) is 10.6. The Hall–Kier alpha value is -1.91. The van der Waals surface area contributed by atoms with Crippen LogP contribution in [0, 0.1) is 6.92 Å². The predicted molar refractivity (Wildman–Crippen MR) is 84.8 cm³/mol. The second kappa shape index (κ2) is 7.20. The maximum atomic E-state index is 11.8. The molecule has 0 fully saturated rings. The molecule has 0 saturated heterocycles. The first-order valence-corrected chi connectivity index (χ1v) is 7.44. The van der Waals surface area contributed by atoms with E-state index in [9.17, 15) is 9.59 Å². The van der Waals surface area contributed by atoms with Gasteiger partial charge in [-0.2, -0.15) is 0 Å². The van der Waals surface area contributed by atoms with E-state index in [-0.39, 0.29) is 12.4 Å². The molecule has 2 aromatic rings. The molecule has 0 saturated carbocycles. The minimum Gasteiger partial charge on any atom is -0.454 e. The highest BCUT2D eigenvalue weighted by Crippen LogP contribution is 2.15. The Labute approximate surface area is 131 Å². The van der Waals surface area contributed by atoms with Crippen LogP contribution in [0.2, 0.25) is 5.02 Å². The lowest BCUT2D eigenvalue weighted by atomic mass is 10.2. The van der Waals surface area contributed by atoms with Crippen LogP contribution in [0.1, 0.15) is 20.1 Å². The summed E-state index contributed by atoms with van der Waals surface area (Å²) >= 11 is 7.15. The second-order valence-electron chi connectivity index (χ2n) is 4.33. The molecule has 0 aliphatic rings. The van der Waals surface area contributed by atoms with E-state index >= 15 is 0 Å². The third-order valence-corrected chi connectivity index (χ3v) is 3.94. The molecule has 0 aliphatic carbocycles. The fraction of sp³-hybridized carbons (Fsp3) is 0.125. The largest absolute Gasteiger partial charge is 0.454 e. The van der Waals surface area contributed by atoms with Crippen molar-refractivity contribution < 1.29 is 14.3 Å². The number of carbonyl (C=O) groups is 2. The Morgan fingerprint density at radius 1 is 1.19 bits per heavy atom. The molecule has 2 rings (SSSR count). The maximum Gasteiger partial charge on any atom is 0.331 e. The van der Waals surface area contributed by atoms with Crippen LogP contribution in [0.5, 0.6) is 0 Å². The minimum absolute atomic E-state index is 0.193. The lowest BCUT2D eigenvalue weighted by molar-refractivity contribution is -0.136. The number of carbonyl (C=O) groups excluding carboxylic acids is 2. The molecule has 0 bridgehead atoms. The van der Waals surface area contributed by atoms with Gasteiger partial charge in [0, 0.05) is 16.0 Å². The molecule has 1 heterocycles. The number of ether oxygens (including phenoxy) is 1. The van der Waals surface area contributed by atoms with E-state index in [4.69, 9.17) is 16.3 Å². The van der Waals surface area contributed by atoms with Crippen LogP contribution in [0.15, 0.2) is 42.5 Å². The minimum atomic E-state index is -0.549. The summed E-state index contributed by atoms with van der Waals surface area (Å²) < 4.78 is 4.92. The molecule has 0 unspecified atom stereocenters. The van der Waals surface area contributed by atoms with Crippen LogP contribution in [0.25, 0.3) is 6.08 Å². The van der Waals surface area contributed by atoms with Crippen molar-refractivity contribution >= 4 is 40.8 Å². The summed E-state index contributed by atoms with van der Waals surface area (Å²) in [6.07, 6.45) is 2.90. The first kappa shape index (κ1) is 15.5. The smallest absolute Gasteiger partial charge is 0.331 e. The molecule has 0 N–H and O–H groups in total. The maximum absolute atomic E-state index is 11.8. The molecule has 108 valence electrons. The van der Waals surface area contributed by atoms with Crippen molar-refractivity contribution in [1.82, 2.24) is 0 Å². The lowest BCUT2D eigenvalue weighted by Gasteiger charge is -1.99. The number of hydrogen-bond acceptors (Lipinski definition) is 4. The number of halogens is 1. The Morgan fingerprint density at radius 3 is 2.52 bits per heavy atom. The monoisotopic (exact) mass is 320 g/mol. The second-order valence-corrected chi connectivity index (χ2v) is 6.05. The molecule has 1 aromatic heterocycles. The average Bonchev–Trinajstić information content (AvgIpc) is 2.91. The fourth-order valence-electron chi connectivity index (χ4n) is 1.58. The molecule has 0 amide bonds. The Bertz CT molecular complexity index is 671. The number of hydrogen-bond donors (Lipinski definition) is 0. The number of aryl methyl sites for hydroxylation is 1. The van der Waals surface area contributed by atoms with Gasteiger partial charge in [0.05, 0.1) is 4.88 Å². The highest BCUT2D eigenvalue weighted by Gasteiger charge is 2.10. The van der Waals surface area contributed by atoms with E-state index in [1.165, 1.54) is 17.4 Å². The molecule has 1 aromatic carbocycles. The van der Waals surface area contributed by atoms with Gasteiger partial charge < -0.3 is 4.74 Å². The van der Waals surface area contributed by atoms with Crippen LogP contribution >= 0.6 is 22.9 Å². The van der Waals surface area contributed by atoms with Gasteiger partial charge in [0.15, 0.2) is 6.61 Å². The zero-order valence-corrected chi connectivity index (χ0v) is 12.9. The first-order valence-electron chi connectivity index (χ1n) is 6.24. The van der Waals surface area contributed by atoms with Crippen LogP contribution in [-0.4, -0.2) is 18.4 Å². The van der Waals surface area contributed by atoms with E-state index in [1.807, 2.05) is 13.0 Å². The third-order valence-electron chi connectivity index (χ3n) is 2.64.